The van der Waals surface area contributed by atoms with Gasteiger partial charge in [-0.25, -0.2) is 0 Å². The second-order valence-electron chi connectivity index (χ2n) is 8.03. The summed E-state index contributed by atoms with van der Waals surface area (Å²) in [5.41, 5.74) is 2.07. The van der Waals surface area contributed by atoms with Crippen LogP contribution in [-0.2, 0) is 9.53 Å². The van der Waals surface area contributed by atoms with Crippen LogP contribution in [0.2, 0.25) is 0 Å². The number of likely N-dealkylation sites (tertiary alicyclic amines) is 1. The Morgan fingerprint density at radius 1 is 1.00 bits per heavy atom. The predicted molar refractivity (Wildman–Crippen MR) is 121 cm³/mol. The molecule has 3 aliphatic heterocycles. The largest absolute Gasteiger partial charge is 0.486 e. The van der Waals surface area contributed by atoms with Gasteiger partial charge in [-0.1, -0.05) is 28.1 Å². The number of benzene rings is 2. The van der Waals surface area contributed by atoms with Crippen LogP contribution in [0, 0.1) is 5.92 Å². The molecule has 170 valence electrons. The number of halogens is 1. The fraction of sp³-hybridized carbons (Fsp3) is 0.458. The molecule has 5 rings (SSSR count). The van der Waals surface area contributed by atoms with E-state index in [0.29, 0.717) is 19.8 Å². The van der Waals surface area contributed by atoms with E-state index in [-0.39, 0.29) is 30.6 Å². The van der Waals surface area contributed by atoms with Crippen LogP contribution < -0.4 is 18.9 Å². The Hall–Kier alpha value is -2.45. The number of rotatable bonds is 6. The highest BCUT2D eigenvalue weighted by atomic mass is 79.9. The lowest BCUT2D eigenvalue weighted by molar-refractivity contribution is -0.149. The van der Waals surface area contributed by atoms with E-state index in [1.54, 1.807) is 0 Å². The highest BCUT2D eigenvalue weighted by Crippen LogP contribution is 2.49. The number of ether oxygens (including phenoxy) is 5. The molecule has 0 amide bonds. The molecule has 0 spiro atoms. The number of nitrogens with zero attached hydrogens (tertiary/aromatic N) is 1. The van der Waals surface area contributed by atoms with Gasteiger partial charge in [-0.15, -0.1) is 0 Å². The summed E-state index contributed by atoms with van der Waals surface area (Å²) in [6, 6.07) is 11.8. The summed E-state index contributed by atoms with van der Waals surface area (Å²) in [6.07, 6.45) is 0. The maximum Gasteiger partial charge on any atom is 0.311 e. The first-order valence-electron chi connectivity index (χ1n) is 11.0. The van der Waals surface area contributed by atoms with Crippen LogP contribution in [0.25, 0.3) is 0 Å². The van der Waals surface area contributed by atoms with Crippen molar-refractivity contribution in [2.24, 2.45) is 5.92 Å². The molecule has 3 atom stereocenters. The molecule has 0 aromatic heterocycles. The molecule has 32 heavy (non-hydrogen) atoms. The molecule has 0 radical (unpaired) electrons. The lowest BCUT2D eigenvalue weighted by Crippen LogP contribution is -2.31. The topological polar surface area (TPSA) is 66.5 Å². The van der Waals surface area contributed by atoms with Crippen molar-refractivity contribution in [2.45, 2.75) is 18.9 Å². The highest BCUT2D eigenvalue weighted by Gasteiger charge is 2.48. The second kappa shape index (κ2) is 9.19. The van der Waals surface area contributed by atoms with Crippen LogP contribution in [-0.4, -0.2) is 55.9 Å². The molecular weight excluding hydrogens is 478 g/mol. The van der Waals surface area contributed by atoms with E-state index in [4.69, 9.17) is 23.7 Å². The summed E-state index contributed by atoms with van der Waals surface area (Å²) in [4.78, 5) is 15.7. The minimum Gasteiger partial charge on any atom is -0.486 e. The highest BCUT2D eigenvalue weighted by molar-refractivity contribution is 9.09. The minimum atomic E-state index is -0.364. The molecule has 1 saturated heterocycles. The van der Waals surface area contributed by atoms with E-state index in [9.17, 15) is 4.79 Å². The SMILES string of the molecule is CCOC(=O)C1C(c2ccc3c(c2)OCO3)CN(CCBr)C1c1ccc2c(c1)OCCO2. The van der Waals surface area contributed by atoms with Gasteiger partial charge < -0.3 is 23.7 Å². The van der Waals surface area contributed by atoms with Crippen LogP contribution >= 0.6 is 15.9 Å². The number of hydrogen-bond donors (Lipinski definition) is 0. The first kappa shape index (κ1) is 21.4. The summed E-state index contributed by atoms with van der Waals surface area (Å²) < 4.78 is 28.2. The predicted octanol–water partition coefficient (Wildman–Crippen LogP) is 3.90. The van der Waals surface area contributed by atoms with E-state index in [2.05, 4.69) is 20.8 Å². The van der Waals surface area contributed by atoms with Gasteiger partial charge in [0.1, 0.15) is 13.2 Å². The normalized spacial score (nSPS) is 23.9. The fourth-order valence-corrected chi connectivity index (χ4v) is 5.37. The average Bonchev–Trinajstić information content (AvgIpc) is 3.43. The van der Waals surface area contributed by atoms with Crippen LogP contribution in [0.1, 0.15) is 30.0 Å². The van der Waals surface area contributed by atoms with Crippen LogP contribution in [0.3, 0.4) is 0 Å². The number of alkyl halides is 1. The fourth-order valence-electron chi connectivity index (χ4n) is 4.92. The molecule has 0 N–H and O–H groups in total. The molecule has 3 heterocycles. The molecule has 3 unspecified atom stereocenters. The zero-order chi connectivity index (χ0) is 22.1. The van der Waals surface area contributed by atoms with E-state index >= 15 is 0 Å². The maximum atomic E-state index is 13.3. The Balaban J connectivity index is 1.55. The molecule has 8 heteroatoms. The standard InChI is InChI=1S/C24H26BrNO6/c1-2-28-24(27)22-17(15-3-5-19-21(11-15)32-14-31-19)13-26(8-7-25)23(22)16-4-6-18-20(12-16)30-10-9-29-18/h3-6,11-12,17,22-23H,2,7-10,13-14H2,1H3. The van der Waals surface area contributed by atoms with Gasteiger partial charge in [0.2, 0.25) is 6.79 Å². The van der Waals surface area contributed by atoms with Crippen molar-refractivity contribution in [1.82, 2.24) is 4.90 Å². The molecule has 0 saturated carbocycles. The Kier molecular flexibility index (Phi) is 6.15. The molecule has 0 bridgehead atoms. The zero-order valence-corrected chi connectivity index (χ0v) is 19.5. The van der Waals surface area contributed by atoms with Crippen molar-refractivity contribution in [2.75, 3.05) is 45.0 Å². The van der Waals surface area contributed by atoms with Crippen LogP contribution in [0.15, 0.2) is 36.4 Å². The summed E-state index contributed by atoms with van der Waals surface area (Å²) in [5, 5.41) is 0.803. The van der Waals surface area contributed by atoms with Crippen molar-refractivity contribution in [3.63, 3.8) is 0 Å². The zero-order valence-electron chi connectivity index (χ0n) is 17.9. The summed E-state index contributed by atoms with van der Waals surface area (Å²) in [6.45, 7) is 5.01. The molecule has 2 aromatic carbocycles. The van der Waals surface area contributed by atoms with E-state index < -0.39 is 0 Å². The molecular formula is C24H26BrNO6. The van der Waals surface area contributed by atoms with E-state index in [1.807, 2.05) is 43.3 Å². The van der Waals surface area contributed by atoms with Gasteiger partial charge >= 0.3 is 5.97 Å². The molecule has 2 aromatic rings. The van der Waals surface area contributed by atoms with Gasteiger partial charge in [0.15, 0.2) is 23.0 Å². The van der Waals surface area contributed by atoms with Crippen molar-refractivity contribution < 1.29 is 28.5 Å². The summed E-state index contributed by atoms with van der Waals surface area (Å²) >= 11 is 3.58. The average molecular weight is 504 g/mol. The quantitative estimate of drug-likeness (QED) is 0.437. The maximum absolute atomic E-state index is 13.3. The second-order valence-corrected chi connectivity index (χ2v) is 8.82. The third-order valence-electron chi connectivity index (χ3n) is 6.26. The molecule has 0 aliphatic carbocycles. The first-order chi connectivity index (χ1) is 15.7. The Morgan fingerprint density at radius 3 is 2.44 bits per heavy atom. The van der Waals surface area contributed by atoms with Gasteiger partial charge in [0, 0.05) is 30.4 Å². The summed E-state index contributed by atoms with van der Waals surface area (Å²) in [5.74, 6) is 2.33. The third kappa shape index (κ3) is 3.90. The van der Waals surface area contributed by atoms with Gasteiger partial charge in [-0.2, -0.15) is 0 Å². The Bertz CT molecular complexity index is 998. The van der Waals surface area contributed by atoms with Crippen LogP contribution in [0.5, 0.6) is 23.0 Å². The number of hydrogen-bond acceptors (Lipinski definition) is 7. The molecule has 1 fully saturated rings. The van der Waals surface area contributed by atoms with Gasteiger partial charge in [-0.05, 0) is 42.3 Å². The van der Waals surface area contributed by atoms with E-state index in [0.717, 1.165) is 52.5 Å². The van der Waals surface area contributed by atoms with Gasteiger partial charge in [0.05, 0.1) is 12.5 Å². The first-order valence-corrected chi connectivity index (χ1v) is 12.1. The number of fused-ring (bicyclic) bond motifs is 2. The van der Waals surface area contributed by atoms with Gasteiger partial charge in [-0.3, -0.25) is 9.69 Å². The van der Waals surface area contributed by atoms with Gasteiger partial charge in [0.25, 0.3) is 0 Å². The minimum absolute atomic E-state index is 0.0409. The van der Waals surface area contributed by atoms with Crippen LogP contribution in [0.4, 0.5) is 0 Å². The molecule has 7 nitrogen and oxygen atoms in total. The van der Waals surface area contributed by atoms with Crippen molar-refractivity contribution in [1.29, 1.82) is 0 Å². The van der Waals surface area contributed by atoms with Crippen molar-refractivity contribution in [3.05, 3.63) is 47.5 Å². The Labute approximate surface area is 195 Å². The van der Waals surface area contributed by atoms with E-state index in [1.165, 1.54) is 0 Å². The molecule has 3 aliphatic rings. The lowest BCUT2D eigenvalue weighted by atomic mass is 9.82. The van der Waals surface area contributed by atoms with Crippen molar-refractivity contribution >= 4 is 21.9 Å². The monoisotopic (exact) mass is 503 g/mol. The Morgan fingerprint density at radius 2 is 1.66 bits per heavy atom. The number of esters is 1. The number of carbonyl (C=O) groups excluding carboxylic acids is 1. The smallest absolute Gasteiger partial charge is 0.311 e. The third-order valence-corrected chi connectivity index (χ3v) is 6.62. The van der Waals surface area contributed by atoms with Crippen molar-refractivity contribution in [3.8, 4) is 23.0 Å². The lowest BCUT2D eigenvalue weighted by Gasteiger charge is -2.29. The number of carbonyl (C=O) groups is 1. The summed E-state index contributed by atoms with van der Waals surface area (Å²) in [7, 11) is 0.